The van der Waals surface area contributed by atoms with E-state index < -0.39 is 11.2 Å². The maximum atomic E-state index is 12.8. The number of hydrogen-bond acceptors (Lipinski definition) is 6. The highest BCUT2D eigenvalue weighted by Crippen LogP contribution is 2.10. The molecule has 0 saturated heterocycles. The van der Waals surface area contributed by atoms with Crippen LogP contribution in [0.4, 0.5) is 5.95 Å². The van der Waals surface area contributed by atoms with Crippen molar-refractivity contribution in [1.82, 2.24) is 19.5 Å². The Hall–Kier alpha value is -3.68. The molecule has 0 amide bonds. The monoisotopic (exact) mass is 363 g/mol. The normalized spacial score (nSPS) is 11.0. The van der Waals surface area contributed by atoms with Gasteiger partial charge in [-0.05, 0) is 36.2 Å². The zero-order valence-electron chi connectivity index (χ0n) is 14.6. The number of anilines is 1. The quantitative estimate of drug-likeness (QED) is 0.563. The van der Waals surface area contributed by atoms with Crippen molar-refractivity contribution in [3.8, 4) is 5.69 Å². The van der Waals surface area contributed by atoms with E-state index in [1.165, 1.54) is 6.20 Å². The fraction of sp³-hybridized carbons (Fsp3) is 0.158. The SMILES string of the molecule is CCc1ccc(-n2c(=O)[nH]c3nc(NCc4ccco4)ncc3c2=O)cc1. The maximum absolute atomic E-state index is 12.8. The summed E-state index contributed by atoms with van der Waals surface area (Å²) in [6.45, 7) is 2.43. The molecule has 8 nitrogen and oxygen atoms in total. The van der Waals surface area contributed by atoms with Crippen molar-refractivity contribution in [3.63, 3.8) is 0 Å². The van der Waals surface area contributed by atoms with Crippen LogP contribution in [0.2, 0.25) is 0 Å². The minimum absolute atomic E-state index is 0.184. The predicted molar refractivity (Wildman–Crippen MR) is 101 cm³/mol. The molecule has 4 rings (SSSR count). The van der Waals surface area contributed by atoms with Gasteiger partial charge in [0.2, 0.25) is 5.95 Å². The highest BCUT2D eigenvalue weighted by Gasteiger charge is 2.12. The number of aromatic nitrogens is 4. The Morgan fingerprint density at radius 3 is 2.70 bits per heavy atom. The van der Waals surface area contributed by atoms with E-state index in [1.807, 2.05) is 25.1 Å². The number of fused-ring (bicyclic) bond motifs is 1. The van der Waals surface area contributed by atoms with E-state index in [-0.39, 0.29) is 11.0 Å². The van der Waals surface area contributed by atoms with Crippen molar-refractivity contribution in [2.75, 3.05) is 5.32 Å². The van der Waals surface area contributed by atoms with Crippen molar-refractivity contribution in [3.05, 3.63) is 81.0 Å². The van der Waals surface area contributed by atoms with Gasteiger partial charge in [-0.15, -0.1) is 0 Å². The summed E-state index contributed by atoms with van der Waals surface area (Å²) in [7, 11) is 0. The van der Waals surface area contributed by atoms with Crippen LogP contribution in [0.3, 0.4) is 0 Å². The van der Waals surface area contributed by atoms with Crippen molar-refractivity contribution in [2.24, 2.45) is 0 Å². The summed E-state index contributed by atoms with van der Waals surface area (Å²) in [5, 5.41) is 3.22. The standard InChI is InChI=1S/C19H17N5O3/c1-2-12-5-7-13(8-6-12)24-17(25)15-11-21-18(22-16(15)23-19(24)26)20-10-14-4-3-9-27-14/h3-9,11H,2,10H2,1H3,(H2,20,21,22,23,26). The number of benzene rings is 1. The van der Waals surface area contributed by atoms with Crippen molar-refractivity contribution < 1.29 is 4.42 Å². The average Bonchev–Trinajstić information content (AvgIpc) is 3.20. The smallest absolute Gasteiger partial charge is 0.334 e. The Balaban J connectivity index is 1.72. The predicted octanol–water partition coefficient (Wildman–Crippen LogP) is 2.24. The number of aryl methyl sites for hydroxylation is 1. The van der Waals surface area contributed by atoms with Crippen LogP contribution >= 0.6 is 0 Å². The molecule has 0 spiro atoms. The second kappa shape index (κ2) is 6.91. The van der Waals surface area contributed by atoms with Gasteiger partial charge in [-0.2, -0.15) is 4.98 Å². The molecule has 0 aliphatic rings. The molecule has 0 aliphatic carbocycles. The van der Waals surface area contributed by atoms with E-state index in [1.54, 1.807) is 24.5 Å². The first-order valence-corrected chi connectivity index (χ1v) is 8.53. The second-order valence-electron chi connectivity index (χ2n) is 5.98. The Morgan fingerprint density at radius 1 is 1.19 bits per heavy atom. The van der Waals surface area contributed by atoms with Gasteiger partial charge < -0.3 is 9.73 Å². The van der Waals surface area contributed by atoms with Gasteiger partial charge in [0.25, 0.3) is 5.56 Å². The molecule has 0 radical (unpaired) electrons. The molecular formula is C19H17N5O3. The summed E-state index contributed by atoms with van der Waals surface area (Å²) in [6, 6.07) is 10.9. The fourth-order valence-corrected chi connectivity index (χ4v) is 2.78. The van der Waals surface area contributed by atoms with Crippen LogP contribution in [0, 0.1) is 0 Å². The molecule has 0 unspecified atom stereocenters. The zero-order valence-corrected chi connectivity index (χ0v) is 14.6. The minimum Gasteiger partial charge on any atom is -0.467 e. The first-order valence-electron chi connectivity index (χ1n) is 8.53. The van der Waals surface area contributed by atoms with Gasteiger partial charge in [0.1, 0.15) is 11.1 Å². The number of furan rings is 1. The van der Waals surface area contributed by atoms with Crippen LogP contribution in [0.15, 0.2) is 62.9 Å². The summed E-state index contributed by atoms with van der Waals surface area (Å²) in [5.74, 6) is 1.01. The van der Waals surface area contributed by atoms with Crippen molar-refractivity contribution in [2.45, 2.75) is 19.9 Å². The molecular weight excluding hydrogens is 346 g/mol. The zero-order chi connectivity index (χ0) is 18.8. The van der Waals surface area contributed by atoms with E-state index in [0.29, 0.717) is 18.2 Å². The van der Waals surface area contributed by atoms with Crippen molar-refractivity contribution >= 4 is 17.0 Å². The third-order valence-corrected chi connectivity index (χ3v) is 4.25. The molecule has 0 fully saturated rings. The average molecular weight is 363 g/mol. The third kappa shape index (κ3) is 3.24. The largest absolute Gasteiger partial charge is 0.467 e. The van der Waals surface area contributed by atoms with E-state index in [2.05, 4.69) is 20.3 Å². The van der Waals surface area contributed by atoms with E-state index in [4.69, 9.17) is 4.42 Å². The fourth-order valence-electron chi connectivity index (χ4n) is 2.78. The van der Waals surface area contributed by atoms with Gasteiger partial charge in [0.15, 0.2) is 5.65 Å². The van der Waals surface area contributed by atoms with E-state index >= 15 is 0 Å². The van der Waals surface area contributed by atoms with Gasteiger partial charge >= 0.3 is 5.69 Å². The van der Waals surface area contributed by atoms with Crippen LogP contribution in [0.1, 0.15) is 18.2 Å². The lowest BCUT2D eigenvalue weighted by Gasteiger charge is -2.08. The van der Waals surface area contributed by atoms with Crippen molar-refractivity contribution in [1.29, 1.82) is 0 Å². The first kappa shape index (κ1) is 16.8. The number of rotatable bonds is 5. The molecule has 8 heteroatoms. The molecule has 3 heterocycles. The highest BCUT2D eigenvalue weighted by atomic mass is 16.3. The second-order valence-corrected chi connectivity index (χ2v) is 5.98. The Kier molecular flexibility index (Phi) is 4.29. The summed E-state index contributed by atoms with van der Waals surface area (Å²) in [5.41, 5.74) is 0.798. The van der Waals surface area contributed by atoms with Crippen LogP contribution < -0.4 is 16.6 Å². The Bertz CT molecular complexity index is 1190. The molecule has 3 aromatic heterocycles. The molecule has 27 heavy (non-hydrogen) atoms. The molecule has 0 saturated carbocycles. The third-order valence-electron chi connectivity index (χ3n) is 4.25. The number of aromatic amines is 1. The summed E-state index contributed by atoms with van der Waals surface area (Å²) < 4.78 is 6.32. The van der Waals surface area contributed by atoms with Crippen LogP contribution in [0.25, 0.3) is 16.7 Å². The lowest BCUT2D eigenvalue weighted by atomic mass is 10.1. The highest BCUT2D eigenvalue weighted by molar-refractivity contribution is 5.73. The molecule has 0 bridgehead atoms. The Labute approximate surface area is 153 Å². The maximum Gasteiger partial charge on any atom is 0.334 e. The molecule has 0 atom stereocenters. The van der Waals surface area contributed by atoms with Gasteiger partial charge in [-0.25, -0.2) is 14.3 Å². The Morgan fingerprint density at radius 2 is 2.00 bits per heavy atom. The minimum atomic E-state index is -0.549. The summed E-state index contributed by atoms with van der Waals surface area (Å²) in [6.07, 6.45) is 3.86. The summed E-state index contributed by atoms with van der Waals surface area (Å²) >= 11 is 0. The number of nitrogens with one attached hydrogen (secondary N) is 2. The lowest BCUT2D eigenvalue weighted by Crippen LogP contribution is -2.34. The number of hydrogen-bond donors (Lipinski definition) is 2. The molecule has 4 aromatic rings. The van der Waals surface area contributed by atoms with Gasteiger partial charge in [0.05, 0.1) is 18.5 Å². The van der Waals surface area contributed by atoms with Gasteiger partial charge in [-0.3, -0.25) is 9.78 Å². The summed E-state index contributed by atoms with van der Waals surface area (Å²) in [4.78, 5) is 36.3. The number of H-pyrrole nitrogens is 1. The molecule has 0 aliphatic heterocycles. The van der Waals surface area contributed by atoms with Gasteiger partial charge in [0, 0.05) is 6.20 Å². The van der Waals surface area contributed by atoms with Gasteiger partial charge in [-0.1, -0.05) is 19.1 Å². The van der Waals surface area contributed by atoms with Crippen LogP contribution in [-0.4, -0.2) is 19.5 Å². The molecule has 136 valence electrons. The number of nitrogens with zero attached hydrogens (tertiary/aromatic N) is 3. The lowest BCUT2D eigenvalue weighted by molar-refractivity contribution is 0.517. The molecule has 1 aromatic carbocycles. The van der Waals surface area contributed by atoms with E-state index in [0.717, 1.165) is 22.3 Å². The van der Waals surface area contributed by atoms with Crippen LogP contribution in [0.5, 0.6) is 0 Å². The first-order chi connectivity index (χ1) is 13.2. The topological polar surface area (TPSA) is 106 Å². The van der Waals surface area contributed by atoms with E-state index in [9.17, 15) is 9.59 Å². The van der Waals surface area contributed by atoms with Crippen LogP contribution in [-0.2, 0) is 13.0 Å². The molecule has 2 N–H and O–H groups in total.